The van der Waals surface area contributed by atoms with Gasteiger partial charge in [-0.05, 0) is 31.6 Å². The van der Waals surface area contributed by atoms with Crippen molar-refractivity contribution in [2.75, 3.05) is 39.6 Å². The van der Waals surface area contributed by atoms with Gasteiger partial charge >= 0.3 is 39.5 Å². The van der Waals surface area contributed by atoms with Crippen LogP contribution in [0.5, 0.6) is 0 Å². The van der Waals surface area contributed by atoms with E-state index in [-0.39, 0.29) is 25.7 Å². The summed E-state index contributed by atoms with van der Waals surface area (Å²) in [7, 11) is -9.89. The Bertz CT molecular complexity index is 1720. The lowest BCUT2D eigenvalue weighted by Crippen LogP contribution is -2.30. The Balaban J connectivity index is 5.18. The fourth-order valence-corrected chi connectivity index (χ4v) is 12.2. The van der Waals surface area contributed by atoms with Gasteiger partial charge in [0.25, 0.3) is 0 Å². The van der Waals surface area contributed by atoms with E-state index in [0.29, 0.717) is 25.7 Å². The summed E-state index contributed by atoms with van der Waals surface area (Å²) in [5.41, 5.74) is 0. The number of hydrogen-bond donors (Lipinski definition) is 3. The molecule has 0 fully saturated rings. The Hall–Kier alpha value is -1.94. The second-order valence-electron chi connectivity index (χ2n) is 25.7. The van der Waals surface area contributed by atoms with Crippen LogP contribution in [0.4, 0.5) is 0 Å². The van der Waals surface area contributed by atoms with Crippen LogP contribution in [0, 0.1) is 5.92 Å². The molecule has 0 aliphatic carbocycles. The number of ether oxygens (including phenoxy) is 4. The van der Waals surface area contributed by atoms with Gasteiger partial charge in [-0.3, -0.25) is 37.3 Å². The van der Waals surface area contributed by atoms with Gasteiger partial charge in [-0.2, -0.15) is 0 Å². The Morgan fingerprint density at radius 2 is 0.517 bits per heavy atom. The van der Waals surface area contributed by atoms with Gasteiger partial charge in [-0.15, -0.1) is 0 Å². The van der Waals surface area contributed by atoms with Crippen LogP contribution in [0.1, 0.15) is 362 Å². The minimum absolute atomic E-state index is 0.106. The fourth-order valence-electron chi connectivity index (χ4n) is 10.6. The van der Waals surface area contributed by atoms with Gasteiger partial charge in [0.2, 0.25) is 0 Å². The zero-order valence-corrected chi connectivity index (χ0v) is 59.4. The standard InChI is InChI=1S/C70H136O17P2/c1-6-9-12-15-18-21-22-23-24-25-26-27-28-29-30-35-41-46-51-56-70(75)87-66(60-81-68(73)54-49-44-39-36-31-34-37-42-47-52-63(4)5)62-85-89(78,79)83-58-64(71)57-82-88(76,77)84-61-65(86-69(74)55-50-45-40-33-20-17-14-11-8-3)59-80-67(72)53-48-43-38-32-19-16-13-10-7-2/h63-66,71H,6-62H2,1-5H3,(H,76,77)(H,78,79)/t64-,65+,66+/m0/s1. The Kier molecular flexibility index (Phi) is 62.1. The molecule has 0 aliphatic heterocycles. The van der Waals surface area contributed by atoms with Crippen LogP contribution in [0.25, 0.3) is 0 Å². The zero-order chi connectivity index (χ0) is 65.6. The molecule has 19 heteroatoms. The number of unbranched alkanes of at least 4 members (excludes halogenated alkanes) is 42. The lowest BCUT2D eigenvalue weighted by Gasteiger charge is -2.21. The van der Waals surface area contributed by atoms with Gasteiger partial charge in [-0.25, -0.2) is 9.13 Å². The normalized spacial score (nSPS) is 14.1. The lowest BCUT2D eigenvalue weighted by atomic mass is 10.0. The molecule has 0 aromatic carbocycles. The van der Waals surface area contributed by atoms with E-state index in [1.165, 1.54) is 186 Å². The summed E-state index contributed by atoms with van der Waals surface area (Å²) in [4.78, 5) is 72.4. The molecule has 5 atom stereocenters. The summed E-state index contributed by atoms with van der Waals surface area (Å²) >= 11 is 0. The summed E-state index contributed by atoms with van der Waals surface area (Å²) in [6.07, 6.45) is 50.1. The molecule has 0 amide bonds. The lowest BCUT2D eigenvalue weighted by molar-refractivity contribution is -0.161. The fraction of sp³-hybridized carbons (Fsp3) is 0.943. The first-order valence-electron chi connectivity index (χ1n) is 36.6. The summed E-state index contributed by atoms with van der Waals surface area (Å²) in [6.45, 7) is 7.19. The van der Waals surface area contributed by atoms with Crippen LogP contribution < -0.4 is 0 Å². The zero-order valence-electron chi connectivity index (χ0n) is 57.6. The highest BCUT2D eigenvalue weighted by molar-refractivity contribution is 7.47. The molecule has 0 aromatic heterocycles. The predicted molar refractivity (Wildman–Crippen MR) is 358 cm³/mol. The highest BCUT2D eigenvalue weighted by Crippen LogP contribution is 2.45. The molecule has 0 aliphatic rings. The van der Waals surface area contributed by atoms with Gasteiger partial charge in [0, 0.05) is 25.7 Å². The van der Waals surface area contributed by atoms with Gasteiger partial charge in [0.15, 0.2) is 12.2 Å². The number of aliphatic hydroxyl groups excluding tert-OH is 1. The van der Waals surface area contributed by atoms with Crippen molar-refractivity contribution in [1.82, 2.24) is 0 Å². The minimum Gasteiger partial charge on any atom is -0.462 e. The summed E-state index contributed by atoms with van der Waals surface area (Å²) in [5.74, 6) is -1.38. The third-order valence-electron chi connectivity index (χ3n) is 16.3. The number of carbonyl (C=O) groups is 4. The first-order chi connectivity index (χ1) is 43.0. The van der Waals surface area contributed by atoms with Crippen LogP contribution in [-0.2, 0) is 65.4 Å². The van der Waals surface area contributed by atoms with Crippen molar-refractivity contribution in [3.05, 3.63) is 0 Å². The quantitative estimate of drug-likeness (QED) is 0.0222. The summed E-state index contributed by atoms with van der Waals surface area (Å²) < 4.78 is 68.2. The van der Waals surface area contributed by atoms with Crippen LogP contribution in [0.15, 0.2) is 0 Å². The third-order valence-corrected chi connectivity index (χ3v) is 18.2. The van der Waals surface area contributed by atoms with Crippen molar-refractivity contribution in [3.63, 3.8) is 0 Å². The molecule has 0 bridgehead atoms. The van der Waals surface area contributed by atoms with Crippen LogP contribution in [0.2, 0.25) is 0 Å². The van der Waals surface area contributed by atoms with Gasteiger partial charge < -0.3 is 33.8 Å². The van der Waals surface area contributed by atoms with Crippen molar-refractivity contribution in [2.24, 2.45) is 5.92 Å². The second-order valence-corrected chi connectivity index (χ2v) is 28.7. The molecule has 0 rings (SSSR count). The van der Waals surface area contributed by atoms with Crippen molar-refractivity contribution in [3.8, 4) is 0 Å². The number of aliphatic hydroxyl groups is 1. The maximum Gasteiger partial charge on any atom is 0.472 e. The Morgan fingerprint density at radius 3 is 0.764 bits per heavy atom. The molecule has 89 heavy (non-hydrogen) atoms. The van der Waals surface area contributed by atoms with Crippen molar-refractivity contribution >= 4 is 39.5 Å². The molecule has 0 heterocycles. The minimum atomic E-state index is -4.95. The van der Waals surface area contributed by atoms with E-state index in [1.807, 2.05) is 0 Å². The van der Waals surface area contributed by atoms with Crippen molar-refractivity contribution in [2.45, 2.75) is 380 Å². The smallest absolute Gasteiger partial charge is 0.462 e. The average Bonchev–Trinajstić information content (AvgIpc) is 3.62. The van der Waals surface area contributed by atoms with E-state index < -0.39 is 97.5 Å². The molecule has 0 saturated heterocycles. The molecule has 0 spiro atoms. The largest absolute Gasteiger partial charge is 0.472 e. The molecule has 17 nitrogen and oxygen atoms in total. The van der Waals surface area contributed by atoms with E-state index in [4.69, 9.17) is 37.0 Å². The molecule has 528 valence electrons. The van der Waals surface area contributed by atoms with Crippen LogP contribution in [-0.4, -0.2) is 96.7 Å². The molecule has 0 saturated carbocycles. The number of hydrogen-bond acceptors (Lipinski definition) is 15. The average molecular weight is 1310 g/mol. The maximum absolute atomic E-state index is 13.0. The van der Waals surface area contributed by atoms with E-state index in [0.717, 1.165) is 95.8 Å². The number of rotatable bonds is 70. The second kappa shape index (κ2) is 63.5. The number of phosphoric ester groups is 2. The van der Waals surface area contributed by atoms with E-state index in [1.54, 1.807) is 0 Å². The highest BCUT2D eigenvalue weighted by atomic mass is 31.2. The number of phosphoric acid groups is 2. The molecule has 3 N–H and O–H groups in total. The summed E-state index contributed by atoms with van der Waals surface area (Å²) in [6, 6.07) is 0. The van der Waals surface area contributed by atoms with Crippen LogP contribution in [0.3, 0.4) is 0 Å². The summed E-state index contributed by atoms with van der Waals surface area (Å²) in [5, 5.41) is 10.6. The van der Waals surface area contributed by atoms with Crippen LogP contribution >= 0.6 is 15.6 Å². The van der Waals surface area contributed by atoms with E-state index >= 15 is 0 Å². The molecule has 2 unspecified atom stereocenters. The van der Waals surface area contributed by atoms with Crippen molar-refractivity contribution < 1.29 is 80.2 Å². The monoisotopic (exact) mass is 1310 g/mol. The number of esters is 4. The first kappa shape index (κ1) is 87.1. The Morgan fingerprint density at radius 1 is 0.303 bits per heavy atom. The SMILES string of the molecule is CCCCCCCCCCCCCCCCCCCCCC(=O)O[C@H](COC(=O)CCCCCCCCCCCC(C)C)COP(=O)(O)OC[C@@H](O)COP(=O)(O)OC[C@@H](COC(=O)CCCCCCCCCCC)OC(=O)CCCCCCCCCCC. The van der Waals surface area contributed by atoms with E-state index in [9.17, 15) is 43.2 Å². The topological polar surface area (TPSA) is 237 Å². The van der Waals surface area contributed by atoms with E-state index in [2.05, 4.69) is 34.6 Å². The molecule has 0 radical (unpaired) electrons. The van der Waals surface area contributed by atoms with Gasteiger partial charge in [0.1, 0.15) is 19.3 Å². The highest BCUT2D eigenvalue weighted by Gasteiger charge is 2.30. The molecular formula is C70H136O17P2. The first-order valence-corrected chi connectivity index (χ1v) is 39.6. The van der Waals surface area contributed by atoms with Gasteiger partial charge in [0.05, 0.1) is 26.4 Å². The Labute approximate surface area is 543 Å². The molecule has 0 aromatic rings. The third kappa shape index (κ3) is 64.6. The molecular weight excluding hydrogens is 1170 g/mol. The number of carbonyl (C=O) groups excluding carboxylic acids is 4. The van der Waals surface area contributed by atoms with Crippen molar-refractivity contribution in [1.29, 1.82) is 0 Å². The predicted octanol–water partition coefficient (Wildman–Crippen LogP) is 20.1. The maximum atomic E-state index is 13.0. The van der Waals surface area contributed by atoms with Gasteiger partial charge in [-0.1, -0.05) is 311 Å².